The lowest BCUT2D eigenvalue weighted by Crippen LogP contribution is -2.34. The fourth-order valence-corrected chi connectivity index (χ4v) is 4.04. The summed E-state index contributed by atoms with van der Waals surface area (Å²) in [6.45, 7) is 9.33. The normalized spacial score (nSPS) is 16.6. The van der Waals surface area contributed by atoms with Crippen LogP contribution >= 0.6 is 11.3 Å². The minimum Gasteiger partial charge on any atom is -0.381 e. The molecule has 4 heteroatoms. The van der Waals surface area contributed by atoms with Gasteiger partial charge in [0.1, 0.15) is 5.01 Å². The number of rotatable bonds is 7. The first-order valence-corrected chi connectivity index (χ1v) is 10.00. The zero-order valence-corrected chi connectivity index (χ0v) is 15.6. The zero-order valence-electron chi connectivity index (χ0n) is 14.8. The van der Waals surface area contributed by atoms with Crippen molar-refractivity contribution >= 4 is 11.3 Å². The molecule has 1 saturated heterocycles. The summed E-state index contributed by atoms with van der Waals surface area (Å²) >= 11 is 1.76. The first-order valence-electron chi connectivity index (χ1n) is 9.12. The third-order valence-electron chi connectivity index (χ3n) is 4.81. The Morgan fingerprint density at radius 2 is 1.92 bits per heavy atom. The van der Waals surface area contributed by atoms with Gasteiger partial charge in [0.05, 0.1) is 5.69 Å². The standard InChI is InChI=1S/C20H28N2OS/c1-3-16-5-7-18(8-6-16)20-21-19(15-24-20)13-22-11-9-17(10-12-22)14-23-4-2/h5-8,15,17H,3-4,9-14H2,1-2H3. The lowest BCUT2D eigenvalue weighted by atomic mass is 9.98. The molecule has 1 fully saturated rings. The monoisotopic (exact) mass is 344 g/mol. The number of thiazole rings is 1. The Bertz CT molecular complexity index is 615. The van der Waals surface area contributed by atoms with Gasteiger partial charge in [-0.2, -0.15) is 0 Å². The van der Waals surface area contributed by atoms with Gasteiger partial charge in [0.25, 0.3) is 0 Å². The van der Waals surface area contributed by atoms with Crippen LogP contribution in [-0.2, 0) is 17.7 Å². The van der Waals surface area contributed by atoms with Gasteiger partial charge in [0, 0.05) is 30.7 Å². The van der Waals surface area contributed by atoms with Gasteiger partial charge in [-0.25, -0.2) is 4.98 Å². The van der Waals surface area contributed by atoms with Gasteiger partial charge in [0.15, 0.2) is 0 Å². The SMILES string of the molecule is CCOCC1CCN(Cc2csc(-c3ccc(CC)cc3)n2)CC1. The van der Waals surface area contributed by atoms with Gasteiger partial charge in [-0.05, 0) is 50.8 Å². The van der Waals surface area contributed by atoms with Gasteiger partial charge in [-0.15, -0.1) is 11.3 Å². The summed E-state index contributed by atoms with van der Waals surface area (Å²) in [6.07, 6.45) is 3.58. The third-order valence-corrected chi connectivity index (χ3v) is 5.75. The number of aromatic nitrogens is 1. The highest BCUT2D eigenvalue weighted by atomic mass is 32.1. The number of hydrogen-bond donors (Lipinski definition) is 0. The number of piperidine rings is 1. The summed E-state index contributed by atoms with van der Waals surface area (Å²) in [5, 5.41) is 3.36. The van der Waals surface area contributed by atoms with Crippen molar-refractivity contribution < 1.29 is 4.74 Å². The Labute approximate surface area is 149 Å². The topological polar surface area (TPSA) is 25.4 Å². The Hall–Kier alpha value is -1.23. The van der Waals surface area contributed by atoms with Crippen LogP contribution < -0.4 is 0 Å². The predicted octanol–water partition coefficient (Wildman–Crippen LogP) is 4.62. The van der Waals surface area contributed by atoms with Gasteiger partial charge in [-0.3, -0.25) is 4.90 Å². The Balaban J connectivity index is 1.53. The maximum absolute atomic E-state index is 5.57. The minimum absolute atomic E-state index is 0.740. The summed E-state index contributed by atoms with van der Waals surface area (Å²) in [6, 6.07) is 8.81. The number of aryl methyl sites for hydroxylation is 1. The molecule has 0 bridgehead atoms. The molecule has 0 saturated carbocycles. The van der Waals surface area contributed by atoms with Crippen molar-refractivity contribution in [1.29, 1.82) is 0 Å². The zero-order chi connectivity index (χ0) is 16.8. The van der Waals surface area contributed by atoms with E-state index in [1.165, 1.54) is 29.7 Å². The average molecular weight is 345 g/mol. The molecule has 1 aromatic carbocycles. The van der Waals surface area contributed by atoms with E-state index in [2.05, 4.69) is 48.4 Å². The summed E-state index contributed by atoms with van der Waals surface area (Å²) in [7, 11) is 0. The number of likely N-dealkylation sites (tertiary alicyclic amines) is 1. The molecule has 3 nitrogen and oxygen atoms in total. The van der Waals surface area contributed by atoms with Crippen LogP contribution in [0.2, 0.25) is 0 Å². The molecule has 0 aliphatic carbocycles. The van der Waals surface area contributed by atoms with Crippen molar-refractivity contribution in [1.82, 2.24) is 9.88 Å². The second-order valence-electron chi connectivity index (χ2n) is 6.57. The van der Waals surface area contributed by atoms with E-state index < -0.39 is 0 Å². The molecule has 1 aliphatic rings. The van der Waals surface area contributed by atoms with Crippen LogP contribution in [0, 0.1) is 5.92 Å². The van der Waals surface area contributed by atoms with E-state index in [9.17, 15) is 0 Å². The van der Waals surface area contributed by atoms with Crippen molar-refractivity contribution in [3.63, 3.8) is 0 Å². The van der Waals surface area contributed by atoms with Crippen LogP contribution in [-0.4, -0.2) is 36.2 Å². The molecular formula is C20H28N2OS. The van der Waals surface area contributed by atoms with E-state index in [0.717, 1.165) is 50.2 Å². The highest BCUT2D eigenvalue weighted by molar-refractivity contribution is 7.13. The van der Waals surface area contributed by atoms with Crippen molar-refractivity contribution in [2.45, 2.75) is 39.7 Å². The van der Waals surface area contributed by atoms with Crippen LogP contribution in [0.25, 0.3) is 10.6 Å². The van der Waals surface area contributed by atoms with Crippen molar-refractivity contribution in [3.05, 3.63) is 40.9 Å². The van der Waals surface area contributed by atoms with Crippen LogP contribution in [0.5, 0.6) is 0 Å². The van der Waals surface area contributed by atoms with Gasteiger partial charge in [-0.1, -0.05) is 31.2 Å². The molecule has 0 atom stereocenters. The average Bonchev–Trinajstić information content (AvgIpc) is 3.10. The van der Waals surface area contributed by atoms with Crippen LogP contribution in [0.15, 0.2) is 29.6 Å². The summed E-state index contributed by atoms with van der Waals surface area (Å²) in [4.78, 5) is 7.38. The summed E-state index contributed by atoms with van der Waals surface area (Å²) < 4.78 is 5.57. The first kappa shape index (κ1) is 17.6. The molecule has 24 heavy (non-hydrogen) atoms. The van der Waals surface area contributed by atoms with E-state index in [1.54, 1.807) is 11.3 Å². The van der Waals surface area contributed by atoms with Crippen molar-refractivity contribution in [2.75, 3.05) is 26.3 Å². The Morgan fingerprint density at radius 3 is 2.58 bits per heavy atom. The first-order chi connectivity index (χ1) is 11.8. The third kappa shape index (κ3) is 4.65. The van der Waals surface area contributed by atoms with Crippen LogP contribution in [0.1, 0.15) is 37.9 Å². The summed E-state index contributed by atoms with van der Waals surface area (Å²) in [5.41, 5.74) is 3.82. The second-order valence-corrected chi connectivity index (χ2v) is 7.43. The maximum Gasteiger partial charge on any atom is 0.123 e. The summed E-state index contributed by atoms with van der Waals surface area (Å²) in [5.74, 6) is 0.740. The molecule has 1 aliphatic heterocycles. The van der Waals surface area contributed by atoms with Gasteiger partial charge in [0.2, 0.25) is 0 Å². The van der Waals surface area contributed by atoms with Gasteiger partial charge >= 0.3 is 0 Å². The second kappa shape index (κ2) is 8.75. The van der Waals surface area contributed by atoms with Crippen molar-refractivity contribution in [2.24, 2.45) is 5.92 Å². The molecule has 0 amide bonds. The predicted molar refractivity (Wildman–Crippen MR) is 101 cm³/mol. The smallest absolute Gasteiger partial charge is 0.123 e. The fourth-order valence-electron chi connectivity index (χ4n) is 3.22. The van der Waals surface area contributed by atoms with E-state index in [0.29, 0.717) is 0 Å². The largest absolute Gasteiger partial charge is 0.381 e. The van der Waals surface area contributed by atoms with E-state index in [4.69, 9.17) is 9.72 Å². The number of nitrogens with zero attached hydrogens (tertiary/aromatic N) is 2. The van der Waals surface area contributed by atoms with E-state index >= 15 is 0 Å². The lowest BCUT2D eigenvalue weighted by molar-refractivity contribution is 0.0721. The molecule has 130 valence electrons. The highest BCUT2D eigenvalue weighted by Gasteiger charge is 2.20. The number of ether oxygens (including phenoxy) is 1. The van der Waals surface area contributed by atoms with Gasteiger partial charge < -0.3 is 4.74 Å². The molecule has 2 aromatic rings. The van der Waals surface area contributed by atoms with Crippen LogP contribution in [0.4, 0.5) is 0 Å². The fraction of sp³-hybridized carbons (Fsp3) is 0.550. The Morgan fingerprint density at radius 1 is 1.17 bits per heavy atom. The van der Waals surface area contributed by atoms with E-state index in [1.807, 2.05) is 0 Å². The van der Waals surface area contributed by atoms with Crippen LogP contribution in [0.3, 0.4) is 0 Å². The quantitative estimate of drug-likeness (QED) is 0.733. The van der Waals surface area contributed by atoms with Crippen molar-refractivity contribution in [3.8, 4) is 10.6 Å². The molecule has 0 unspecified atom stereocenters. The Kier molecular flexibility index (Phi) is 6.41. The minimum atomic E-state index is 0.740. The molecule has 0 spiro atoms. The molecule has 1 aromatic heterocycles. The molecule has 2 heterocycles. The number of hydrogen-bond acceptors (Lipinski definition) is 4. The molecule has 3 rings (SSSR count). The molecule has 0 radical (unpaired) electrons. The number of benzene rings is 1. The highest BCUT2D eigenvalue weighted by Crippen LogP contribution is 2.26. The van der Waals surface area contributed by atoms with E-state index in [-0.39, 0.29) is 0 Å². The molecule has 0 N–H and O–H groups in total. The maximum atomic E-state index is 5.57. The molecular weight excluding hydrogens is 316 g/mol. The lowest BCUT2D eigenvalue weighted by Gasteiger charge is -2.31.